The molecule has 3 rings (SSSR count). The molecule has 13 heavy (non-hydrogen) atoms. The minimum atomic E-state index is 0.134. The smallest absolute Gasteiger partial charge is 0.141 e. The number of nitrogens with zero attached hydrogens (tertiary/aromatic N) is 1. The lowest BCUT2D eigenvalue weighted by Gasteiger charge is -2.39. The number of rotatable bonds is 0. The first-order valence-electron chi connectivity index (χ1n) is 5.26. The third-order valence-corrected chi connectivity index (χ3v) is 3.96. The van der Waals surface area contributed by atoms with Gasteiger partial charge in [-0.05, 0) is 12.8 Å². The monoisotopic (exact) mass is 181 g/mol. The summed E-state index contributed by atoms with van der Waals surface area (Å²) in [6.45, 7) is 1.48. The normalized spacial score (nSPS) is 41.7. The molecule has 2 heterocycles. The predicted octanol–water partition coefficient (Wildman–Crippen LogP) is 1.14. The number of hydrogen-bond acceptors (Lipinski definition) is 3. The number of carbonyl (C=O) groups is 1. The van der Waals surface area contributed by atoms with Crippen molar-refractivity contribution in [2.24, 2.45) is 5.92 Å². The van der Waals surface area contributed by atoms with Crippen molar-refractivity contribution in [1.29, 1.82) is 0 Å². The zero-order chi connectivity index (χ0) is 8.89. The summed E-state index contributed by atoms with van der Waals surface area (Å²) in [7, 11) is 0. The first-order valence-corrected chi connectivity index (χ1v) is 5.26. The fourth-order valence-electron chi connectivity index (χ4n) is 3.27. The van der Waals surface area contributed by atoms with E-state index in [9.17, 15) is 4.79 Å². The van der Waals surface area contributed by atoms with E-state index in [-0.39, 0.29) is 11.5 Å². The van der Waals surface area contributed by atoms with Gasteiger partial charge in [0.2, 0.25) is 0 Å². The van der Waals surface area contributed by atoms with E-state index in [0.29, 0.717) is 18.8 Å². The molecular formula is C10H15NO2. The Hall–Kier alpha value is -0.410. The topological polar surface area (TPSA) is 29.5 Å². The standard InChI is InChI=1S/C10H15NO2/c12-9-3-6-11-10(4-1-2-5-10)8(9)7-13-11/h8H,1-7H2/t8-/m0/s1. The summed E-state index contributed by atoms with van der Waals surface area (Å²) < 4.78 is 0. The lowest BCUT2D eigenvalue weighted by molar-refractivity contribution is -0.171. The summed E-state index contributed by atoms with van der Waals surface area (Å²) in [5.74, 6) is 0.638. The van der Waals surface area contributed by atoms with E-state index in [0.717, 1.165) is 6.54 Å². The van der Waals surface area contributed by atoms with Crippen LogP contribution in [-0.2, 0) is 9.63 Å². The molecule has 0 N–H and O–H groups in total. The average Bonchev–Trinajstić information content (AvgIpc) is 2.67. The van der Waals surface area contributed by atoms with Crippen LogP contribution in [0.1, 0.15) is 32.1 Å². The van der Waals surface area contributed by atoms with Gasteiger partial charge in [0.25, 0.3) is 0 Å². The summed E-state index contributed by atoms with van der Waals surface area (Å²) >= 11 is 0. The molecule has 3 aliphatic rings. The quantitative estimate of drug-likeness (QED) is 0.561. The van der Waals surface area contributed by atoms with Crippen LogP contribution in [0.5, 0.6) is 0 Å². The highest BCUT2D eigenvalue weighted by atomic mass is 16.7. The van der Waals surface area contributed by atoms with Crippen molar-refractivity contribution in [2.45, 2.75) is 37.6 Å². The van der Waals surface area contributed by atoms with Gasteiger partial charge in [-0.25, -0.2) is 0 Å². The van der Waals surface area contributed by atoms with E-state index in [2.05, 4.69) is 5.06 Å². The second kappa shape index (κ2) is 2.55. The van der Waals surface area contributed by atoms with Gasteiger partial charge in [-0.3, -0.25) is 9.63 Å². The number of Topliss-reactive ketones (excluding diaryl/α,β-unsaturated/α-hetero) is 1. The Morgan fingerprint density at radius 3 is 2.92 bits per heavy atom. The first kappa shape index (κ1) is 7.94. The average molecular weight is 181 g/mol. The van der Waals surface area contributed by atoms with Crippen LogP contribution in [0.15, 0.2) is 0 Å². The van der Waals surface area contributed by atoms with Crippen LogP contribution in [0.4, 0.5) is 0 Å². The van der Waals surface area contributed by atoms with Gasteiger partial charge in [0, 0.05) is 13.0 Å². The molecule has 0 aromatic rings. The minimum Gasteiger partial charge on any atom is -0.299 e. The van der Waals surface area contributed by atoms with Gasteiger partial charge in [-0.1, -0.05) is 12.8 Å². The van der Waals surface area contributed by atoms with Gasteiger partial charge in [-0.2, -0.15) is 5.06 Å². The van der Waals surface area contributed by atoms with Crippen LogP contribution in [-0.4, -0.2) is 29.5 Å². The van der Waals surface area contributed by atoms with Gasteiger partial charge in [-0.15, -0.1) is 0 Å². The molecule has 1 unspecified atom stereocenters. The molecule has 0 aromatic heterocycles. The number of piperidine rings is 1. The van der Waals surface area contributed by atoms with Crippen molar-refractivity contribution in [1.82, 2.24) is 5.06 Å². The molecule has 72 valence electrons. The summed E-state index contributed by atoms with van der Waals surface area (Å²) in [6, 6.07) is 0. The van der Waals surface area contributed by atoms with Gasteiger partial charge in [0.1, 0.15) is 5.78 Å². The van der Waals surface area contributed by atoms with Gasteiger partial charge in [0.05, 0.1) is 18.1 Å². The molecule has 3 nitrogen and oxygen atoms in total. The maximum absolute atomic E-state index is 11.7. The first-order chi connectivity index (χ1) is 6.33. The van der Waals surface area contributed by atoms with Crippen molar-refractivity contribution >= 4 is 5.78 Å². The Balaban J connectivity index is 1.98. The number of hydroxylamine groups is 2. The van der Waals surface area contributed by atoms with E-state index >= 15 is 0 Å². The van der Waals surface area contributed by atoms with Crippen molar-refractivity contribution in [3.05, 3.63) is 0 Å². The number of hydrogen-bond donors (Lipinski definition) is 0. The third-order valence-electron chi connectivity index (χ3n) is 3.96. The fraction of sp³-hybridized carbons (Fsp3) is 0.900. The van der Waals surface area contributed by atoms with Crippen molar-refractivity contribution in [3.8, 4) is 0 Å². The van der Waals surface area contributed by atoms with Crippen LogP contribution in [0, 0.1) is 5.92 Å². The van der Waals surface area contributed by atoms with E-state index < -0.39 is 0 Å². The summed E-state index contributed by atoms with van der Waals surface area (Å²) in [6.07, 6.45) is 5.58. The molecule has 2 saturated heterocycles. The van der Waals surface area contributed by atoms with E-state index in [4.69, 9.17) is 4.84 Å². The molecule has 2 bridgehead atoms. The molecule has 1 aliphatic carbocycles. The molecule has 2 aliphatic heterocycles. The summed E-state index contributed by atoms with van der Waals surface area (Å²) in [4.78, 5) is 17.3. The Labute approximate surface area is 78.0 Å². The largest absolute Gasteiger partial charge is 0.299 e. The molecule has 3 heteroatoms. The Bertz CT molecular complexity index is 245. The molecule has 0 aromatic carbocycles. The van der Waals surface area contributed by atoms with Crippen LogP contribution >= 0.6 is 0 Å². The highest BCUT2D eigenvalue weighted by Crippen LogP contribution is 2.48. The van der Waals surface area contributed by atoms with Gasteiger partial charge in [0.15, 0.2) is 0 Å². The van der Waals surface area contributed by atoms with Crippen LogP contribution in [0.2, 0.25) is 0 Å². The zero-order valence-electron chi connectivity index (χ0n) is 7.79. The lowest BCUT2D eigenvalue weighted by atomic mass is 9.77. The van der Waals surface area contributed by atoms with Gasteiger partial charge >= 0.3 is 0 Å². The molecule has 0 radical (unpaired) electrons. The van der Waals surface area contributed by atoms with E-state index in [1.54, 1.807) is 0 Å². The Kier molecular flexibility index (Phi) is 1.56. The second-order valence-corrected chi connectivity index (χ2v) is 4.48. The van der Waals surface area contributed by atoms with Crippen molar-refractivity contribution < 1.29 is 9.63 Å². The predicted molar refractivity (Wildman–Crippen MR) is 47.0 cm³/mol. The molecule has 1 saturated carbocycles. The number of ketones is 1. The Morgan fingerprint density at radius 2 is 2.15 bits per heavy atom. The third kappa shape index (κ3) is 0.891. The van der Waals surface area contributed by atoms with Crippen LogP contribution in [0.3, 0.4) is 0 Å². The summed E-state index contributed by atoms with van der Waals surface area (Å²) in [5, 5.41) is 2.12. The Morgan fingerprint density at radius 1 is 1.38 bits per heavy atom. The zero-order valence-corrected chi connectivity index (χ0v) is 7.79. The van der Waals surface area contributed by atoms with Crippen molar-refractivity contribution in [2.75, 3.05) is 13.2 Å². The molecule has 0 amide bonds. The minimum absolute atomic E-state index is 0.134. The maximum Gasteiger partial charge on any atom is 0.141 e. The van der Waals surface area contributed by atoms with E-state index in [1.165, 1.54) is 25.7 Å². The molecule has 1 spiro atoms. The van der Waals surface area contributed by atoms with Crippen molar-refractivity contribution in [3.63, 3.8) is 0 Å². The van der Waals surface area contributed by atoms with Crippen LogP contribution in [0.25, 0.3) is 0 Å². The second-order valence-electron chi connectivity index (χ2n) is 4.48. The molecular weight excluding hydrogens is 166 g/mol. The maximum atomic E-state index is 11.7. The number of carbonyl (C=O) groups excluding carboxylic acids is 1. The van der Waals surface area contributed by atoms with E-state index in [1.807, 2.05) is 0 Å². The highest BCUT2D eigenvalue weighted by molar-refractivity contribution is 5.84. The van der Waals surface area contributed by atoms with Gasteiger partial charge < -0.3 is 0 Å². The highest BCUT2D eigenvalue weighted by Gasteiger charge is 2.56. The fourth-order valence-corrected chi connectivity index (χ4v) is 3.27. The summed E-state index contributed by atoms with van der Waals surface area (Å²) in [5.41, 5.74) is 0.134. The lowest BCUT2D eigenvalue weighted by Crippen LogP contribution is -2.52. The van der Waals surface area contributed by atoms with Crippen LogP contribution < -0.4 is 0 Å². The molecule has 3 fully saturated rings. The molecule has 2 atom stereocenters. The SMILES string of the molecule is O=C1CCN2OC[C@@H]1C21CCCC1.